The maximum Gasteiger partial charge on any atom is 0.0421 e. The molecule has 2 aliphatic carbocycles. The van der Waals surface area contributed by atoms with Crippen LogP contribution in [0.15, 0.2) is 164 Å². The number of hydrogen-bond donors (Lipinski definition) is 0. The molecule has 8 rings (SSSR count). The van der Waals surface area contributed by atoms with Crippen LogP contribution in [0.1, 0.15) is 50.8 Å². The Morgan fingerprint density at radius 1 is 0.366 bits per heavy atom. The van der Waals surface area contributed by atoms with E-state index in [1.165, 1.54) is 55.6 Å². The van der Waals surface area contributed by atoms with Crippen molar-refractivity contribution in [3.05, 3.63) is 203 Å². The molecule has 0 saturated heterocycles. The van der Waals surface area contributed by atoms with Crippen molar-refractivity contribution in [3.8, 4) is 11.1 Å². The van der Waals surface area contributed by atoms with Crippen molar-refractivity contribution in [1.29, 1.82) is 0 Å². The number of fused-ring (bicyclic) bond motifs is 4. The Morgan fingerprint density at radius 2 is 0.805 bits per heavy atom. The van der Waals surface area contributed by atoms with Crippen LogP contribution in [0.2, 0.25) is 0 Å². The van der Waals surface area contributed by atoms with E-state index >= 15 is 0 Å². The minimum atomic E-state index is -0.417. The molecule has 6 aromatic rings. The molecule has 0 spiro atoms. The van der Waals surface area contributed by atoms with Crippen LogP contribution < -0.4 is 0 Å². The first-order chi connectivity index (χ1) is 20.4. The Kier molecular flexibility index (Phi) is 5.60. The van der Waals surface area contributed by atoms with Gasteiger partial charge in [0.25, 0.3) is 0 Å². The first-order valence-corrected chi connectivity index (χ1v) is 14.5. The smallest absolute Gasteiger partial charge is 0.0421 e. The highest BCUT2D eigenvalue weighted by Gasteiger charge is 2.55. The van der Waals surface area contributed by atoms with E-state index in [4.69, 9.17) is 0 Å². The van der Waals surface area contributed by atoms with Crippen LogP contribution in [-0.2, 0) is 5.41 Å². The summed E-state index contributed by atoms with van der Waals surface area (Å²) in [5.41, 5.74) is 13.1. The third-order valence-electron chi connectivity index (χ3n) is 9.28. The Hall–Kier alpha value is -4.94. The third kappa shape index (κ3) is 3.54. The first-order valence-electron chi connectivity index (χ1n) is 14.5. The molecule has 0 radical (unpaired) electrons. The first kappa shape index (κ1) is 23.9. The van der Waals surface area contributed by atoms with Gasteiger partial charge in [-0.25, -0.2) is 0 Å². The number of benzene rings is 6. The Balaban J connectivity index is 1.55. The molecule has 0 fully saturated rings. The number of hydrogen-bond acceptors (Lipinski definition) is 0. The van der Waals surface area contributed by atoms with E-state index in [9.17, 15) is 0 Å². The van der Waals surface area contributed by atoms with Crippen LogP contribution in [0, 0.1) is 0 Å². The predicted molar refractivity (Wildman–Crippen MR) is 171 cm³/mol. The topological polar surface area (TPSA) is 0 Å². The second kappa shape index (κ2) is 9.61. The average molecular weight is 523 g/mol. The molecule has 0 nitrogen and oxygen atoms in total. The van der Waals surface area contributed by atoms with Gasteiger partial charge in [-0.1, -0.05) is 170 Å². The molecule has 194 valence electrons. The van der Waals surface area contributed by atoms with E-state index in [0.717, 1.165) is 0 Å². The number of allylic oxidation sites excluding steroid dienone is 1. The summed E-state index contributed by atoms with van der Waals surface area (Å²) in [6.45, 7) is 0. The van der Waals surface area contributed by atoms with Gasteiger partial charge < -0.3 is 0 Å². The molecule has 2 aliphatic rings. The highest BCUT2D eigenvalue weighted by atomic mass is 14.6. The minimum absolute atomic E-state index is 0.0927. The third-order valence-corrected chi connectivity index (χ3v) is 9.28. The lowest BCUT2D eigenvalue weighted by Gasteiger charge is -2.47. The largest absolute Gasteiger partial charge is 0.0622 e. The molecule has 0 saturated carbocycles. The average Bonchev–Trinajstić information content (AvgIpc) is 3.61. The van der Waals surface area contributed by atoms with Crippen LogP contribution in [0.4, 0.5) is 0 Å². The van der Waals surface area contributed by atoms with E-state index in [-0.39, 0.29) is 11.8 Å². The summed E-state index contributed by atoms with van der Waals surface area (Å²) in [6.07, 6.45) is 2.45. The van der Waals surface area contributed by atoms with E-state index in [1.807, 2.05) is 0 Å². The highest BCUT2D eigenvalue weighted by molar-refractivity contribution is 5.94. The molecule has 1 unspecified atom stereocenters. The lowest BCUT2D eigenvalue weighted by atomic mass is 9.53. The van der Waals surface area contributed by atoms with Crippen molar-refractivity contribution < 1.29 is 0 Å². The fourth-order valence-corrected chi connectivity index (χ4v) is 7.77. The van der Waals surface area contributed by atoms with Gasteiger partial charge in [0.2, 0.25) is 0 Å². The molecule has 41 heavy (non-hydrogen) atoms. The minimum Gasteiger partial charge on any atom is -0.0622 e. The molecular weight excluding hydrogens is 492 g/mol. The van der Waals surface area contributed by atoms with Gasteiger partial charge in [-0.05, 0) is 55.6 Å². The fraction of sp³-hybridized carbons (Fsp3) is 0.0732. The molecule has 0 amide bonds. The zero-order chi connectivity index (χ0) is 27.2. The summed E-state index contributed by atoms with van der Waals surface area (Å²) >= 11 is 0. The van der Waals surface area contributed by atoms with Gasteiger partial charge in [0.1, 0.15) is 0 Å². The lowest BCUT2D eigenvalue weighted by Crippen LogP contribution is -2.41. The molecule has 1 atom stereocenters. The van der Waals surface area contributed by atoms with Crippen LogP contribution in [-0.4, -0.2) is 0 Å². The van der Waals surface area contributed by atoms with E-state index < -0.39 is 5.41 Å². The van der Waals surface area contributed by atoms with Crippen LogP contribution >= 0.6 is 0 Å². The summed E-state index contributed by atoms with van der Waals surface area (Å²) < 4.78 is 0. The van der Waals surface area contributed by atoms with Crippen molar-refractivity contribution in [1.82, 2.24) is 0 Å². The lowest BCUT2D eigenvalue weighted by molar-refractivity contribution is 0.424. The van der Waals surface area contributed by atoms with Gasteiger partial charge in [0.05, 0.1) is 0 Å². The van der Waals surface area contributed by atoms with Gasteiger partial charge in [0.15, 0.2) is 0 Å². The van der Waals surface area contributed by atoms with Gasteiger partial charge in [-0.15, -0.1) is 0 Å². The Bertz CT molecular complexity index is 1790. The molecule has 0 heterocycles. The Morgan fingerprint density at radius 3 is 1.37 bits per heavy atom. The van der Waals surface area contributed by atoms with Gasteiger partial charge in [-0.3, -0.25) is 0 Å². The molecule has 0 heteroatoms. The second-order valence-electron chi connectivity index (χ2n) is 11.2. The summed E-state index contributed by atoms with van der Waals surface area (Å²) in [4.78, 5) is 0. The normalized spacial score (nSPS) is 15.6. The van der Waals surface area contributed by atoms with Crippen LogP contribution in [0.3, 0.4) is 0 Å². The zero-order valence-corrected chi connectivity index (χ0v) is 22.8. The predicted octanol–water partition coefficient (Wildman–Crippen LogP) is 10.1. The quantitative estimate of drug-likeness (QED) is 0.211. The number of rotatable bonds is 5. The molecule has 0 N–H and O–H groups in total. The van der Waals surface area contributed by atoms with Gasteiger partial charge >= 0.3 is 0 Å². The maximum atomic E-state index is 2.45. The summed E-state index contributed by atoms with van der Waals surface area (Å²) in [5.74, 6) is 0.207. The maximum absolute atomic E-state index is 2.45. The molecule has 0 aliphatic heterocycles. The van der Waals surface area contributed by atoms with Crippen molar-refractivity contribution in [3.63, 3.8) is 0 Å². The van der Waals surface area contributed by atoms with Crippen molar-refractivity contribution in [2.45, 2.75) is 17.3 Å². The van der Waals surface area contributed by atoms with Gasteiger partial charge in [-0.2, -0.15) is 0 Å². The SMILES string of the molecule is C1=C(c2ccccc2)C(C(c2ccccc2)(c2ccccc2)C2c3ccccc3-c3ccccc32)c2ccccc21. The fourth-order valence-electron chi connectivity index (χ4n) is 7.77. The van der Waals surface area contributed by atoms with Crippen molar-refractivity contribution in [2.24, 2.45) is 0 Å². The van der Waals surface area contributed by atoms with Crippen molar-refractivity contribution in [2.75, 3.05) is 0 Å². The van der Waals surface area contributed by atoms with Gasteiger partial charge in [0, 0.05) is 17.3 Å². The monoisotopic (exact) mass is 522 g/mol. The molecule has 0 bridgehead atoms. The molecule has 0 aromatic heterocycles. The summed E-state index contributed by atoms with van der Waals surface area (Å²) in [6, 6.07) is 60.8. The standard InChI is InChI=1S/C41H30/c1-4-16-29(17-5-1)38-28-30-18-10-11-23-33(30)39(38)41(31-19-6-2-7-20-31,32-21-8-3-9-22-32)40-36-26-14-12-24-34(36)35-25-13-15-27-37(35)40/h1-28,39-40H. The van der Waals surface area contributed by atoms with Crippen LogP contribution in [0.25, 0.3) is 22.8 Å². The summed E-state index contributed by atoms with van der Waals surface area (Å²) in [7, 11) is 0. The van der Waals surface area contributed by atoms with E-state index in [1.54, 1.807) is 0 Å². The molecular formula is C41H30. The van der Waals surface area contributed by atoms with E-state index in [0.29, 0.717) is 0 Å². The highest BCUT2D eigenvalue weighted by Crippen LogP contribution is 2.65. The van der Waals surface area contributed by atoms with Crippen molar-refractivity contribution >= 4 is 11.6 Å². The van der Waals surface area contributed by atoms with Crippen LogP contribution in [0.5, 0.6) is 0 Å². The molecule has 6 aromatic carbocycles. The Labute approximate surface area is 242 Å². The summed E-state index contributed by atoms with van der Waals surface area (Å²) in [5, 5.41) is 0. The second-order valence-corrected chi connectivity index (χ2v) is 11.2. The zero-order valence-electron chi connectivity index (χ0n) is 22.8. The van der Waals surface area contributed by atoms with E-state index in [2.05, 4.69) is 170 Å².